The van der Waals surface area contributed by atoms with Gasteiger partial charge in [-0.1, -0.05) is 6.07 Å². The first-order chi connectivity index (χ1) is 12.8. The molecule has 0 spiro atoms. The number of anilines is 1. The Morgan fingerprint density at radius 2 is 1.74 bits per heavy atom. The van der Waals surface area contributed by atoms with Crippen LogP contribution in [-0.4, -0.2) is 15.9 Å². The summed E-state index contributed by atoms with van der Waals surface area (Å²) in [7, 11) is 0. The zero-order valence-corrected chi connectivity index (χ0v) is 13.5. The summed E-state index contributed by atoms with van der Waals surface area (Å²) in [6.45, 7) is 0. The normalized spacial score (nSPS) is 11.1. The van der Waals surface area contributed by atoms with Crippen LogP contribution in [0.15, 0.2) is 61.2 Å². The number of hydrogen-bond donors (Lipinski definition) is 1. The van der Waals surface area contributed by atoms with Crippen molar-refractivity contribution in [3.8, 4) is 11.5 Å². The molecule has 5 nitrogen and oxygen atoms in total. The summed E-state index contributed by atoms with van der Waals surface area (Å²) in [5, 5.41) is 2.35. The van der Waals surface area contributed by atoms with E-state index in [2.05, 4.69) is 15.3 Å². The summed E-state index contributed by atoms with van der Waals surface area (Å²) < 4.78 is 57.5. The minimum Gasteiger partial charge on any atom is -0.454 e. The molecule has 9 heteroatoms. The summed E-state index contributed by atoms with van der Waals surface area (Å²) in [4.78, 5) is 19.7. The number of rotatable bonds is 4. The van der Waals surface area contributed by atoms with Crippen molar-refractivity contribution >= 4 is 11.6 Å². The first-order valence-corrected chi connectivity index (χ1v) is 7.53. The van der Waals surface area contributed by atoms with E-state index >= 15 is 0 Å². The second-order valence-corrected chi connectivity index (χ2v) is 5.38. The van der Waals surface area contributed by atoms with Gasteiger partial charge in [0.25, 0.3) is 5.91 Å². The maximum Gasteiger partial charge on any atom is 0.416 e. The first kappa shape index (κ1) is 18.3. The Hall–Kier alpha value is -3.49. The molecule has 2 aromatic carbocycles. The molecule has 1 amide bonds. The van der Waals surface area contributed by atoms with Crippen LogP contribution >= 0.6 is 0 Å². The van der Waals surface area contributed by atoms with E-state index in [-0.39, 0.29) is 22.7 Å². The van der Waals surface area contributed by atoms with Crippen LogP contribution in [0.3, 0.4) is 0 Å². The number of benzene rings is 2. The molecule has 0 atom stereocenters. The summed E-state index contributed by atoms with van der Waals surface area (Å²) in [6.07, 6.45) is -0.565. The molecule has 0 aliphatic rings. The van der Waals surface area contributed by atoms with Gasteiger partial charge in [-0.05, 0) is 24.3 Å². The van der Waals surface area contributed by atoms with E-state index in [0.717, 1.165) is 24.3 Å². The highest BCUT2D eigenvalue weighted by Crippen LogP contribution is 2.30. The second kappa shape index (κ2) is 7.40. The zero-order valence-electron chi connectivity index (χ0n) is 13.5. The molecular weight excluding hydrogens is 366 g/mol. The van der Waals surface area contributed by atoms with Crippen molar-refractivity contribution in [2.24, 2.45) is 0 Å². The van der Waals surface area contributed by atoms with Crippen LogP contribution in [0.1, 0.15) is 15.9 Å². The highest BCUT2D eigenvalue weighted by Gasteiger charge is 2.30. The fourth-order valence-electron chi connectivity index (χ4n) is 2.21. The number of halogens is 4. The number of alkyl halides is 3. The van der Waals surface area contributed by atoms with Gasteiger partial charge in [0.1, 0.15) is 17.9 Å². The smallest absolute Gasteiger partial charge is 0.416 e. The van der Waals surface area contributed by atoms with E-state index in [4.69, 9.17) is 4.74 Å². The second-order valence-electron chi connectivity index (χ2n) is 5.38. The first-order valence-electron chi connectivity index (χ1n) is 7.53. The predicted octanol–water partition coefficient (Wildman–Crippen LogP) is 4.68. The number of nitrogens with zero attached hydrogens (tertiary/aromatic N) is 2. The number of hydrogen-bond acceptors (Lipinski definition) is 4. The maximum absolute atomic E-state index is 13.8. The molecule has 0 unspecified atom stereocenters. The van der Waals surface area contributed by atoms with E-state index < -0.39 is 23.5 Å². The van der Waals surface area contributed by atoms with Crippen LogP contribution in [0.2, 0.25) is 0 Å². The summed E-state index contributed by atoms with van der Waals surface area (Å²) >= 11 is 0. The number of amides is 1. The predicted molar refractivity (Wildman–Crippen MR) is 87.9 cm³/mol. The highest BCUT2D eigenvalue weighted by atomic mass is 19.4. The van der Waals surface area contributed by atoms with E-state index in [0.29, 0.717) is 6.07 Å². The SMILES string of the molecule is O=C(Nc1cc(F)cc(Oc2cncnc2)c1)c1cccc(C(F)(F)F)c1. The molecule has 0 aliphatic heterocycles. The van der Waals surface area contributed by atoms with Gasteiger partial charge in [-0.25, -0.2) is 14.4 Å². The van der Waals surface area contributed by atoms with Gasteiger partial charge in [0, 0.05) is 23.4 Å². The Kier molecular flexibility index (Phi) is 5.02. The average Bonchev–Trinajstić information content (AvgIpc) is 2.61. The molecule has 27 heavy (non-hydrogen) atoms. The van der Waals surface area contributed by atoms with Gasteiger partial charge < -0.3 is 10.1 Å². The molecule has 0 aliphatic carbocycles. The minimum absolute atomic E-state index is 0.0178. The molecule has 138 valence electrons. The largest absolute Gasteiger partial charge is 0.454 e. The van der Waals surface area contributed by atoms with Crippen LogP contribution < -0.4 is 10.1 Å². The van der Waals surface area contributed by atoms with E-state index in [9.17, 15) is 22.4 Å². The number of aromatic nitrogens is 2. The lowest BCUT2D eigenvalue weighted by atomic mass is 10.1. The Morgan fingerprint density at radius 1 is 1.00 bits per heavy atom. The molecule has 1 heterocycles. The molecule has 0 saturated carbocycles. The van der Waals surface area contributed by atoms with Crippen molar-refractivity contribution < 1.29 is 27.1 Å². The molecular formula is C18H11F4N3O2. The van der Waals surface area contributed by atoms with Crippen LogP contribution in [0.4, 0.5) is 23.2 Å². The Morgan fingerprint density at radius 3 is 2.44 bits per heavy atom. The maximum atomic E-state index is 13.8. The fraction of sp³-hybridized carbons (Fsp3) is 0.0556. The molecule has 0 radical (unpaired) electrons. The molecule has 0 saturated heterocycles. The van der Waals surface area contributed by atoms with E-state index in [1.165, 1.54) is 30.9 Å². The van der Waals surface area contributed by atoms with Gasteiger partial charge in [0.05, 0.1) is 18.0 Å². The lowest BCUT2D eigenvalue weighted by Gasteiger charge is -2.11. The molecule has 0 bridgehead atoms. The Balaban J connectivity index is 1.80. The van der Waals surface area contributed by atoms with Gasteiger partial charge in [-0.2, -0.15) is 13.2 Å². The fourth-order valence-corrected chi connectivity index (χ4v) is 2.21. The summed E-state index contributed by atoms with van der Waals surface area (Å²) in [5.41, 5.74) is -1.15. The van der Waals surface area contributed by atoms with Gasteiger partial charge in [-0.15, -0.1) is 0 Å². The van der Waals surface area contributed by atoms with Crippen LogP contribution in [0, 0.1) is 5.82 Å². The van der Waals surface area contributed by atoms with E-state index in [1.54, 1.807) is 0 Å². The van der Waals surface area contributed by atoms with Crippen molar-refractivity contribution in [3.05, 3.63) is 78.1 Å². The summed E-state index contributed by atoms with van der Waals surface area (Å²) in [5.74, 6) is -1.22. The average molecular weight is 377 g/mol. The molecule has 1 N–H and O–H groups in total. The van der Waals surface area contributed by atoms with Gasteiger partial charge in [-0.3, -0.25) is 4.79 Å². The van der Waals surface area contributed by atoms with Gasteiger partial charge in [0.15, 0.2) is 5.75 Å². The zero-order chi connectivity index (χ0) is 19.4. The highest BCUT2D eigenvalue weighted by molar-refractivity contribution is 6.04. The van der Waals surface area contributed by atoms with Crippen LogP contribution in [0.5, 0.6) is 11.5 Å². The molecule has 3 aromatic rings. The Labute approximate surface area is 150 Å². The monoisotopic (exact) mass is 377 g/mol. The lowest BCUT2D eigenvalue weighted by molar-refractivity contribution is -0.137. The quantitative estimate of drug-likeness (QED) is 0.671. The standard InChI is InChI=1S/C18H11F4N3O2/c19-13-5-14(7-15(6-13)27-16-8-23-10-24-9-16)25-17(26)11-2-1-3-12(4-11)18(20,21)22/h1-10H,(H,25,26). The number of nitrogens with one attached hydrogen (secondary N) is 1. The van der Waals surface area contributed by atoms with E-state index in [1.807, 2.05) is 0 Å². The van der Waals surface area contributed by atoms with Crippen molar-refractivity contribution in [3.63, 3.8) is 0 Å². The molecule has 1 aromatic heterocycles. The lowest BCUT2D eigenvalue weighted by Crippen LogP contribution is -2.14. The number of carbonyl (C=O) groups excluding carboxylic acids is 1. The van der Waals surface area contributed by atoms with Crippen LogP contribution in [-0.2, 0) is 6.18 Å². The van der Waals surface area contributed by atoms with Crippen molar-refractivity contribution in [2.75, 3.05) is 5.32 Å². The van der Waals surface area contributed by atoms with Gasteiger partial charge >= 0.3 is 6.18 Å². The van der Waals surface area contributed by atoms with Gasteiger partial charge in [0.2, 0.25) is 0 Å². The third kappa shape index (κ3) is 4.78. The minimum atomic E-state index is -4.58. The van der Waals surface area contributed by atoms with Crippen molar-refractivity contribution in [2.45, 2.75) is 6.18 Å². The number of ether oxygens (including phenoxy) is 1. The number of carbonyl (C=O) groups is 1. The van der Waals surface area contributed by atoms with Crippen molar-refractivity contribution in [1.82, 2.24) is 9.97 Å². The Bertz CT molecular complexity index is 962. The van der Waals surface area contributed by atoms with Crippen LogP contribution in [0.25, 0.3) is 0 Å². The topological polar surface area (TPSA) is 64.1 Å². The molecule has 3 rings (SSSR count). The summed E-state index contributed by atoms with van der Waals surface area (Å²) in [6, 6.07) is 7.32. The molecule has 0 fully saturated rings. The van der Waals surface area contributed by atoms with Crippen molar-refractivity contribution in [1.29, 1.82) is 0 Å². The third-order valence-electron chi connectivity index (χ3n) is 3.35. The third-order valence-corrected chi connectivity index (χ3v) is 3.35.